The zero-order valence-electron chi connectivity index (χ0n) is 25.2. The fourth-order valence-corrected chi connectivity index (χ4v) is 5.31. The number of carbonyl (C=O) groups is 2. The standard InChI is InChI=1S/C15H29NO2.C14H27NO3/c1-7-8-9-12-10-15(5,6)16(11-12)13(17)18-14(2,3)4;1-13(2,3)18-12(17)15-10-11(7-6-8-16)9-14(15,4)5/h12H,7-11H2,1-6H3;11,16H,6-10H2,1-5H3/t12-;11-/m00/s1. The third kappa shape index (κ3) is 10.9. The molecule has 0 spiro atoms. The van der Waals surface area contributed by atoms with E-state index < -0.39 is 11.2 Å². The molecular weight excluding hydrogens is 456 g/mol. The molecule has 0 bridgehead atoms. The average molecular weight is 513 g/mol. The highest BCUT2D eigenvalue weighted by Crippen LogP contribution is 2.37. The number of hydrogen-bond acceptors (Lipinski definition) is 5. The van der Waals surface area contributed by atoms with Crippen LogP contribution in [0.5, 0.6) is 0 Å². The molecule has 2 aliphatic rings. The van der Waals surface area contributed by atoms with Crippen molar-refractivity contribution in [2.75, 3.05) is 19.7 Å². The Hall–Kier alpha value is -1.50. The maximum Gasteiger partial charge on any atom is 0.410 e. The number of carbonyl (C=O) groups excluding carboxylic acids is 2. The first-order valence-electron chi connectivity index (χ1n) is 13.9. The fourth-order valence-electron chi connectivity index (χ4n) is 5.31. The van der Waals surface area contributed by atoms with Crippen molar-refractivity contribution in [3.05, 3.63) is 0 Å². The minimum absolute atomic E-state index is 0.0687. The first-order valence-corrected chi connectivity index (χ1v) is 13.9. The van der Waals surface area contributed by atoms with Crippen LogP contribution in [0.1, 0.15) is 121 Å². The summed E-state index contributed by atoms with van der Waals surface area (Å²) in [6.45, 7) is 23.9. The summed E-state index contributed by atoms with van der Waals surface area (Å²) in [7, 11) is 0. The van der Waals surface area contributed by atoms with Gasteiger partial charge < -0.3 is 24.4 Å². The molecular formula is C29H56N2O5. The lowest BCUT2D eigenvalue weighted by Crippen LogP contribution is -2.45. The highest BCUT2D eigenvalue weighted by molar-refractivity contribution is 5.70. The molecule has 0 aromatic rings. The molecule has 0 radical (unpaired) electrons. The zero-order valence-corrected chi connectivity index (χ0v) is 25.2. The summed E-state index contributed by atoms with van der Waals surface area (Å²) in [5, 5.41) is 8.88. The van der Waals surface area contributed by atoms with Crippen molar-refractivity contribution in [3.63, 3.8) is 0 Å². The second kappa shape index (κ2) is 12.8. The maximum absolute atomic E-state index is 12.2. The van der Waals surface area contributed by atoms with Crippen molar-refractivity contribution in [1.82, 2.24) is 9.80 Å². The predicted molar refractivity (Wildman–Crippen MR) is 146 cm³/mol. The Balaban J connectivity index is 0.000000360. The van der Waals surface area contributed by atoms with Gasteiger partial charge in [0, 0.05) is 30.8 Å². The lowest BCUT2D eigenvalue weighted by Gasteiger charge is -2.33. The number of aliphatic hydroxyl groups is 1. The van der Waals surface area contributed by atoms with Gasteiger partial charge >= 0.3 is 12.2 Å². The van der Waals surface area contributed by atoms with Crippen LogP contribution < -0.4 is 0 Å². The minimum atomic E-state index is -0.448. The summed E-state index contributed by atoms with van der Waals surface area (Å²) >= 11 is 0. The highest BCUT2D eigenvalue weighted by atomic mass is 16.6. The lowest BCUT2D eigenvalue weighted by atomic mass is 9.93. The molecule has 2 saturated heterocycles. The molecule has 0 unspecified atom stereocenters. The van der Waals surface area contributed by atoms with Crippen LogP contribution in [-0.2, 0) is 9.47 Å². The molecule has 2 amide bonds. The zero-order chi connectivity index (χ0) is 27.9. The number of rotatable bonds is 6. The van der Waals surface area contributed by atoms with E-state index in [0.29, 0.717) is 11.8 Å². The molecule has 7 heteroatoms. The topological polar surface area (TPSA) is 79.3 Å². The Morgan fingerprint density at radius 3 is 1.44 bits per heavy atom. The Bertz CT molecular complexity index is 645. The van der Waals surface area contributed by atoms with Crippen LogP contribution in [0, 0.1) is 11.8 Å². The van der Waals surface area contributed by atoms with Crippen LogP contribution in [0.3, 0.4) is 0 Å². The summed E-state index contributed by atoms with van der Waals surface area (Å²) < 4.78 is 10.9. The fraction of sp³-hybridized carbons (Fsp3) is 0.931. The quantitative estimate of drug-likeness (QED) is 0.414. The van der Waals surface area contributed by atoms with Gasteiger partial charge in [0.05, 0.1) is 0 Å². The molecule has 0 aliphatic carbocycles. The molecule has 1 N–H and O–H groups in total. The smallest absolute Gasteiger partial charge is 0.410 e. The predicted octanol–water partition coefficient (Wildman–Crippen LogP) is 7.01. The second-order valence-electron chi connectivity index (χ2n) is 14.0. The van der Waals surface area contributed by atoms with Gasteiger partial charge in [0.1, 0.15) is 11.2 Å². The van der Waals surface area contributed by atoms with Gasteiger partial charge in [0.15, 0.2) is 0 Å². The van der Waals surface area contributed by atoms with E-state index in [4.69, 9.17) is 14.6 Å². The van der Waals surface area contributed by atoms with Crippen LogP contribution in [0.2, 0.25) is 0 Å². The molecule has 2 aliphatic heterocycles. The largest absolute Gasteiger partial charge is 0.444 e. The number of likely N-dealkylation sites (tertiary alicyclic amines) is 2. The van der Waals surface area contributed by atoms with E-state index in [1.54, 1.807) is 0 Å². The van der Waals surface area contributed by atoms with E-state index in [2.05, 4.69) is 34.6 Å². The van der Waals surface area contributed by atoms with Crippen LogP contribution >= 0.6 is 0 Å². The molecule has 36 heavy (non-hydrogen) atoms. The van der Waals surface area contributed by atoms with Crippen molar-refractivity contribution in [1.29, 1.82) is 0 Å². The van der Waals surface area contributed by atoms with Crippen LogP contribution in [0.4, 0.5) is 9.59 Å². The SMILES string of the molecule is CC(C)(C)OC(=O)N1C[C@@H](CCCO)CC1(C)C.CCCC[C@@H]1CN(C(=O)OC(C)(C)C)C(C)(C)C1. The average Bonchev–Trinajstić information content (AvgIpc) is 3.17. The highest BCUT2D eigenvalue weighted by Gasteiger charge is 2.43. The number of amides is 2. The van der Waals surface area contributed by atoms with Crippen LogP contribution in [0.25, 0.3) is 0 Å². The third-order valence-electron chi connectivity index (χ3n) is 6.88. The summed E-state index contributed by atoms with van der Waals surface area (Å²) in [4.78, 5) is 28.1. The summed E-state index contributed by atoms with van der Waals surface area (Å²) in [5.74, 6) is 1.10. The second-order valence-corrected chi connectivity index (χ2v) is 14.0. The van der Waals surface area contributed by atoms with Gasteiger partial charge in [-0.3, -0.25) is 0 Å². The van der Waals surface area contributed by atoms with Crippen molar-refractivity contribution in [3.8, 4) is 0 Å². The summed E-state index contributed by atoms with van der Waals surface area (Å²) in [6, 6.07) is 0. The van der Waals surface area contributed by atoms with E-state index in [0.717, 1.165) is 38.8 Å². The van der Waals surface area contributed by atoms with Crippen molar-refractivity contribution < 1.29 is 24.2 Å². The van der Waals surface area contributed by atoms with Crippen molar-refractivity contribution in [2.24, 2.45) is 11.8 Å². The van der Waals surface area contributed by atoms with Gasteiger partial charge in [-0.25, -0.2) is 9.59 Å². The first-order chi connectivity index (χ1) is 16.3. The molecule has 0 aromatic carbocycles. The monoisotopic (exact) mass is 512 g/mol. The van der Waals surface area contributed by atoms with E-state index in [1.165, 1.54) is 19.3 Å². The van der Waals surface area contributed by atoms with Crippen molar-refractivity contribution in [2.45, 2.75) is 143 Å². The van der Waals surface area contributed by atoms with Gasteiger partial charge in [-0.05, 0) is 113 Å². The van der Waals surface area contributed by atoms with Gasteiger partial charge in [-0.1, -0.05) is 19.8 Å². The maximum atomic E-state index is 12.2. The number of ether oxygens (including phenoxy) is 2. The molecule has 2 atom stereocenters. The molecule has 212 valence electrons. The Morgan fingerprint density at radius 2 is 1.14 bits per heavy atom. The minimum Gasteiger partial charge on any atom is -0.444 e. The van der Waals surface area contributed by atoms with Gasteiger partial charge in [-0.15, -0.1) is 0 Å². The van der Waals surface area contributed by atoms with E-state index in [9.17, 15) is 9.59 Å². The first kappa shape index (κ1) is 32.5. The molecule has 2 fully saturated rings. The summed E-state index contributed by atoms with van der Waals surface area (Å²) in [6.07, 6.45) is 7.16. The lowest BCUT2D eigenvalue weighted by molar-refractivity contribution is 0.0118. The molecule has 0 aromatic heterocycles. The molecule has 7 nitrogen and oxygen atoms in total. The Kier molecular flexibility index (Phi) is 11.6. The third-order valence-corrected chi connectivity index (χ3v) is 6.88. The van der Waals surface area contributed by atoms with E-state index >= 15 is 0 Å². The van der Waals surface area contributed by atoms with Crippen LogP contribution in [-0.4, -0.2) is 69.1 Å². The van der Waals surface area contributed by atoms with Gasteiger partial charge in [-0.2, -0.15) is 0 Å². The molecule has 2 rings (SSSR count). The van der Waals surface area contributed by atoms with E-state index in [-0.39, 0.29) is 29.9 Å². The Morgan fingerprint density at radius 1 is 0.778 bits per heavy atom. The summed E-state index contributed by atoms with van der Waals surface area (Å²) in [5.41, 5.74) is -1.08. The van der Waals surface area contributed by atoms with Crippen LogP contribution in [0.15, 0.2) is 0 Å². The molecule has 0 saturated carbocycles. The number of hydrogen-bond donors (Lipinski definition) is 1. The molecule has 2 heterocycles. The number of aliphatic hydroxyl groups excluding tert-OH is 1. The number of unbranched alkanes of at least 4 members (excludes halogenated alkanes) is 1. The Labute approximate surface area is 221 Å². The van der Waals surface area contributed by atoms with Crippen molar-refractivity contribution >= 4 is 12.2 Å². The number of nitrogens with zero attached hydrogens (tertiary/aromatic N) is 2. The normalized spacial score (nSPS) is 23.2. The van der Waals surface area contributed by atoms with Gasteiger partial charge in [0.25, 0.3) is 0 Å². The van der Waals surface area contributed by atoms with Gasteiger partial charge in [0.2, 0.25) is 0 Å². The van der Waals surface area contributed by atoms with E-state index in [1.807, 2.05) is 51.3 Å².